The molecule has 5 heteroatoms. The summed E-state index contributed by atoms with van der Waals surface area (Å²) in [6, 6.07) is 7.03. The molecular weight excluding hydrogens is 170 g/mol. The molecule has 0 saturated heterocycles. The van der Waals surface area contributed by atoms with Crippen molar-refractivity contribution in [2.75, 3.05) is 5.43 Å². The quantitative estimate of drug-likeness (QED) is 0.542. The predicted octanol–water partition coefficient (Wildman–Crippen LogP) is 1.77. The molecule has 0 atom stereocenters. The molecule has 0 fully saturated rings. The van der Waals surface area contributed by atoms with Crippen LogP contribution in [0.15, 0.2) is 30.5 Å². The van der Waals surface area contributed by atoms with Gasteiger partial charge in [0.05, 0.1) is 0 Å². The highest BCUT2D eigenvalue weighted by Crippen LogP contribution is 2.17. The van der Waals surface area contributed by atoms with Crippen molar-refractivity contribution in [1.82, 2.24) is 4.98 Å². The van der Waals surface area contributed by atoms with Gasteiger partial charge in [0.25, 0.3) is 0 Å². The van der Waals surface area contributed by atoms with Crippen LogP contribution < -0.4 is 5.43 Å². The lowest BCUT2D eigenvalue weighted by Crippen LogP contribution is -2.07. The topological polar surface area (TPSA) is 71.0 Å². The average molecular weight is 177 g/mol. The van der Waals surface area contributed by atoms with Gasteiger partial charge in [-0.1, -0.05) is 0 Å². The standard InChI is InChI=1S/C8H7N3O2/c12-11(13)10-7-1-2-8-6(5-7)3-4-9-8/h1-5,9-10H. The van der Waals surface area contributed by atoms with E-state index in [-0.39, 0.29) is 0 Å². The summed E-state index contributed by atoms with van der Waals surface area (Å²) < 4.78 is 0. The number of nitrogens with zero attached hydrogens (tertiary/aromatic N) is 1. The summed E-state index contributed by atoms with van der Waals surface area (Å²) in [5.74, 6) is 0. The number of aromatic nitrogens is 1. The smallest absolute Gasteiger partial charge is 0.162 e. The average Bonchev–Trinajstić information content (AvgIpc) is 2.49. The third-order valence-corrected chi connectivity index (χ3v) is 1.77. The predicted molar refractivity (Wildman–Crippen MR) is 48.9 cm³/mol. The molecule has 2 N–H and O–H groups in total. The summed E-state index contributed by atoms with van der Waals surface area (Å²) in [4.78, 5) is 13.1. The second kappa shape index (κ2) is 2.78. The number of fused-ring (bicyclic) bond motifs is 1. The van der Waals surface area contributed by atoms with Crippen LogP contribution >= 0.6 is 0 Å². The summed E-state index contributed by atoms with van der Waals surface area (Å²) in [6.45, 7) is 0. The number of aromatic amines is 1. The van der Waals surface area contributed by atoms with Gasteiger partial charge in [0.2, 0.25) is 0 Å². The zero-order valence-electron chi connectivity index (χ0n) is 6.65. The number of anilines is 1. The van der Waals surface area contributed by atoms with Crippen LogP contribution in [0, 0.1) is 10.1 Å². The van der Waals surface area contributed by atoms with E-state index in [9.17, 15) is 10.1 Å². The number of nitrogens with one attached hydrogen (secondary N) is 2. The molecule has 5 nitrogen and oxygen atoms in total. The van der Waals surface area contributed by atoms with E-state index in [1.807, 2.05) is 6.07 Å². The zero-order chi connectivity index (χ0) is 9.26. The van der Waals surface area contributed by atoms with E-state index in [1.165, 1.54) is 0 Å². The Morgan fingerprint density at radius 2 is 2.23 bits per heavy atom. The van der Waals surface area contributed by atoms with Gasteiger partial charge in [0.15, 0.2) is 5.03 Å². The maximum absolute atomic E-state index is 10.1. The van der Waals surface area contributed by atoms with Gasteiger partial charge >= 0.3 is 0 Å². The van der Waals surface area contributed by atoms with Gasteiger partial charge in [-0.15, -0.1) is 5.43 Å². The monoisotopic (exact) mass is 177 g/mol. The van der Waals surface area contributed by atoms with Gasteiger partial charge in [-0.2, -0.15) is 0 Å². The number of hydrogen-bond donors (Lipinski definition) is 2. The van der Waals surface area contributed by atoms with Crippen molar-refractivity contribution in [3.63, 3.8) is 0 Å². The Morgan fingerprint density at radius 1 is 1.38 bits per heavy atom. The van der Waals surface area contributed by atoms with E-state index < -0.39 is 5.03 Å². The maximum atomic E-state index is 10.1. The second-order valence-electron chi connectivity index (χ2n) is 2.65. The van der Waals surface area contributed by atoms with Crippen molar-refractivity contribution in [3.05, 3.63) is 40.6 Å². The first-order valence-corrected chi connectivity index (χ1v) is 3.74. The molecule has 1 heterocycles. The fraction of sp³-hybridized carbons (Fsp3) is 0. The molecule has 0 aliphatic carbocycles. The fourth-order valence-electron chi connectivity index (χ4n) is 1.23. The molecule has 0 spiro atoms. The first-order valence-electron chi connectivity index (χ1n) is 3.74. The first kappa shape index (κ1) is 7.60. The molecule has 66 valence electrons. The molecule has 0 saturated carbocycles. The zero-order valence-corrected chi connectivity index (χ0v) is 6.65. The largest absolute Gasteiger partial charge is 0.361 e. The SMILES string of the molecule is O=[N+]([O-])Nc1ccc2[nH]ccc2c1. The molecule has 1 aromatic heterocycles. The van der Waals surface area contributed by atoms with Gasteiger partial charge in [0, 0.05) is 17.1 Å². The van der Waals surface area contributed by atoms with Crippen LogP contribution in [-0.4, -0.2) is 10.0 Å². The van der Waals surface area contributed by atoms with Gasteiger partial charge in [-0.3, -0.25) is 0 Å². The maximum Gasteiger partial charge on any atom is 0.162 e. The summed E-state index contributed by atoms with van der Waals surface area (Å²) in [6.07, 6.45) is 1.79. The van der Waals surface area contributed by atoms with Crippen LogP contribution in [0.1, 0.15) is 0 Å². The van der Waals surface area contributed by atoms with Gasteiger partial charge < -0.3 is 4.98 Å². The van der Waals surface area contributed by atoms with Crippen molar-refractivity contribution < 1.29 is 5.03 Å². The molecule has 0 amide bonds. The Bertz CT molecular complexity index is 449. The van der Waals surface area contributed by atoms with Crippen LogP contribution in [-0.2, 0) is 0 Å². The summed E-state index contributed by atoms with van der Waals surface area (Å²) in [7, 11) is 0. The number of benzene rings is 1. The molecule has 0 unspecified atom stereocenters. The van der Waals surface area contributed by atoms with E-state index in [0.717, 1.165) is 10.9 Å². The highest BCUT2D eigenvalue weighted by atomic mass is 16.7. The molecule has 0 bridgehead atoms. The molecule has 0 radical (unpaired) electrons. The van der Waals surface area contributed by atoms with Crippen LogP contribution in [0.3, 0.4) is 0 Å². The van der Waals surface area contributed by atoms with Crippen molar-refractivity contribution >= 4 is 16.6 Å². The Balaban J connectivity index is 2.42. The Labute approximate surface area is 73.5 Å². The lowest BCUT2D eigenvalue weighted by Gasteiger charge is -1.96. The van der Waals surface area contributed by atoms with E-state index in [2.05, 4.69) is 10.4 Å². The third-order valence-electron chi connectivity index (χ3n) is 1.77. The van der Waals surface area contributed by atoms with Crippen LogP contribution in [0.25, 0.3) is 10.9 Å². The van der Waals surface area contributed by atoms with Crippen LogP contribution in [0.4, 0.5) is 5.69 Å². The van der Waals surface area contributed by atoms with Crippen molar-refractivity contribution in [3.8, 4) is 0 Å². The molecule has 0 aliphatic heterocycles. The molecule has 13 heavy (non-hydrogen) atoms. The van der Waals surface area contributed by atoms with Gasteiger partial charge in [-0.25, -0.2) is 10.1 Å². The summed E-state index contributed by atoms with van der Waals surface area (Å²) in [5, 5.41) is 10.5. The van der Waals surface area contributed by atoms with E-state index in [4.69, 9.17) is 0 Å². The van der Waals surface area contributed by atoms with Crippen molar-refractivity contribution in [2.45, 2.75) is 0 Å². The van der Waals surface area contributed by atoms with E-state index in [1.54, 1.807) is 24.4 Å². The summed E-state index contributed by atoms with van der Waals surface area (Å²) in [5.41, 5.74) is 3.54. The molecule has 2 rings (SSSR count). The lowest BCUT2D eigenvalue weighted by atomic mass is 10.2. The minimum atomic E-state index is -0.576. The Hall–Kier alpha value is -2.04. The summed E-state index contributed by atoms with van der Waals surface area (Å²) >= 11 is 0. The van der Waals surface area contributed by atoms with Crippen LogP contribution in [0.2, 0.25) is 0 Å². The van der Waals surface area contributed by atoms with Crippen molar-refractivity contribution in [1.29, 1.82) is 0 Å². The van der Waals surface area contributed by atoms with E-state index in [0.29, 0.717) is 5.69 Å². The molecular formula is C8H7N3O2. The van der Waals surface area contributed by atoms with Crippen LogP contribution in [0.5, 0.6) is 0 Å². The molecule has 2 aromatic rings. The number of hydrogen-bond acceptors (Lipinski definition) is 2. The molecule has 0 aliphatic rings. The molecule has 1 aromatic carbocycles. The highest BCUT2D eigenvalue weighted by molar-refractivity contribution is 5.82. The number of H-pyrrole nitrogens is 1. The minimum Gasteiger partial charge on any atom is -0.361 e. The number of rotatable bonds is 2. The lowest BCUT2D eigenvalue weighted by molar-refractivity contribution is -0.445. The van der Waals surface area contributed by atoms with Crippen molar-refractivity contribution in [2.24, 2.45) is 0 Å². The van der Waals surface area contributed by atoms with Gasteiger partial charge in [0.1, 0.15) is 5.69 Å². The highest BCUT2D eigenvalue weighted by Gasteiger charge is 2.00. The minimum absolute atomic E-state index is 0.483. The van der Waals surface area contributed by atoms with E-state index >= 15 is 0 Å². The fourth-order valence-corrected chi connectivity index (χ4v) is 1.23. The number of hydrazine groups is 1. The Kier molecular flexibility index (Phi) is 1.63. The van der Waals surface area contributed by atoms with Gasteiger partial charge in [-0.05, 0) is 24.3 Å². The normalized spacial score (nSPS) is 10.2. The third kappa shape index (κ3) is 1.44. The second-order valence-corrected chi connectivity index (χ2v) is 2.65. The first-order chi connectivity index (χ1) is 6.25. The Morgan fingerprint density at radius 3 is 3.00 bits per heavy atom. The number of nitro groups is 1.